The van der Waals surface area contributed by atoms with Gasteiger partial charge in [-0.3, -0.25) is 0 Å². The van der Waals surface area contributed by atoms with Crippen molar-refractivity contribution in [1.82, 2.24) is 25.4 Å². The van der Waals surface area contributed by atoms with Crippen molar-refractivity contribution >= 4 is 6.03 Å². The SMILES string of the molecule is C[C@H](NC(=O)NCc1ccc(-n2cccn2)nc1)c1ccccc1F. The van der Waals surface area contributed by atoms with E-state index in [1.807, 2.05) is 18.2 Å². The first-order valence-corrected chi connectivity index (χ1v) is 7.87. The van der Waals surface area contributed by atoms with Gasteiger partial charge in [-0.05, 0) is 30.7 Å². The van der Waals surface area contributed by atoms with E-state index in [1.165, 1.54) is 6.07 Å². The van der Waals surface area contributed by atoms with Gasteiger partial charge in [-0.1, -0.05) is 24.3 Å². The van der Waals surface area contributed by atoms with Crippen molar-refractivity contribution in [1.29, 1.82) is 0 Å². The highest BCUT2D eigenvalue weighted by atomic mass is 19.1. The molecule has 128 valence electrons. The molecule has 2 amide bonds. The Kier molecular flexibility index (Phi) is 5.03. The van der Waals surface area contributed by atoms with Crippen molar-refractivity contribution in [2.75, 3.05) is 0 Å². The van der Waals surface area contributed by atoms with Crippen LogP contribution in [0.3, 0.4) is 0 Å². The summed E-state index contributed by atoms with van der Waals surface area (Å²) in [7, 11) is 0. The van der Waals surface area contributed by atoms with E-state index in [1.54, 1.807) is 48.4 Å². The number of nitrogens with zero attached hydrogens (tertiary/aromatic N) is 3. The molecule has 0 aliphatic rings. The van der Waals surface area contributed by atoms with Crippen LogP contribution < -0.4 is 10.6 Å². The van der Waals surface area contributed by atoms with Crippen LogP contribution in [0.1, 0.15) is 24.1 Å². The predicted molar refractivity (Wildman–Crippen MR) is 91.5 cm³/mol. The lowest BCUT2D eigenvalue weighted by Crippen LogP contribution is -2.36. The fraction of sp³-hybridized carbons (Fsp3) is 0.167. The Labute approximate surface area is 144 Å². The third-order valence-corrected chi connectivity index (χ3v) is 3.72. The maximum atomic E-state index is 13.7. The van der Waals surface area contributed by atoms with Crippen molar-refractivity contribution in [2.45, 2.75) is 19.5 Å². The molecule has 0 unspecified atom stereocenters. The van der Waals surface area contributed by atoms with Crippen LogP contribution in [-0.2, 0) is 6.54 Å². The monoisotopic (exact) mass is 339 g/mol. The zero-order valence-corrected chi connectivity index (χ0v) is 13.7. The summed E-state index contributed by atoms with van der Waals surface area (Å²) in [5.74, 6) is 0.361. The summed E-state index contributed by atoms with van der Waals surface area (Å²) in [5, 5.41) is 9.56. The number of benzene rings is 1. The summed E-state index contributed by atoms with van der Waals surface area (Å²) in [6, 6.07) is 11.1. The molecule has 0 saturated heterocycles. The number of pyridine rings is 1. The number of hydrogen-bond acceptors (Lipinski definition) is 3. The van der Waals surface area contributed by atoms with Crippen LogP contribution in [-0.4, -0.2) is 20.8 Å². The first kappa shape index (κ1) is 16.6. The predicted octanol–water partition coefficient (Wildman–Crippen LogP) is 2.97. The van der Waals surface area contributed by atoms with Crippen molar-refractivity contribution in [2.24, 2.45) is 0 Å². The van der Waals surface area contributed by atoms with Gasteiger partial charge in [-0.25, -0.2) is 18.9 Å². The lowest BCUT2D eigenvalue weighted by atomic mass is 10.1. The molecule has 0 fully saturated rings. The average Bonchev–Trinajstić information content (AvgIpc) is 3.15. The molecule has 0 saturated carbocycles. The third kappa shape index (κ3) is 4.20. The quantitative estimate of drug-likeness (QED) is 0.751. The molecule has 0 aliphatic carbocycles. The fourth-order valence-corrected chi connectivity index (χ4v) is 2.40. The van der Waals surface area contributed by atoms with Gasteiger partial charge < -0.3 is 10.6 Å². The number of aromatic nitrogens is 3. The lowest BCUT2D eigenvalue weighted by Gasteiger charge is -2.15. The molecule has 0 aliphatic heterocycles. The molecule has 0 radical (unpaired) electrons. The molecule has 0 bridgehead atoms. The van der Waals surface area contributed by atoms with E-state index in [4.69, 9.17) is 0 Å². The minimum atomic E-state index is -0.429. The fourth-order valence-electron chi connectivity index (χ4n) is 2.40. The summed E-state index contributed by atoms with van der Waals surface area (Å²) < 4.78 is 15.4. The van der Waals surface area contributed by atoms with Crippen molar-refractivity contribution < 1.29 is 9.18 Å². The van der Waals surface area contributed by atoms with Gasteiger partial charge in [0.25, 0.3) is 0 Å². The standard InChI is InChI=1S/C18H18FN5O/c1-13(15-5-2-3-6-16(15)19)23-18(25)21-12-14-7-8-17(20-11-14)24-10-4-9-22-24/h2-11,13H,12H2,1H3,(H2,21,23,25)/t13-/m0/s1. The van der Waals surface area contributed by atoms with Crippen LogP contribution in [0.5, 0.6) is 0 Å². The summed E-state index contributed by atoms with van der Waals surface area (Å²) in [6.45, 7) is 2.06. The Morgan fingerprint density at radius 2 is 2.08 bits per heavy atom. The van der Waals surface area contributed by atoms with Crippen LogP contribution in [0.25, 0.3) is 5.82 Å². The lowest BCUT2D eigenvalue weighted by molar-refractivity contribution is 0.237. The number of carbonyl (C=O) groups excluding carboxylic acids is 1. The molecular formula is C18H18FN5O. The number of amides is 2. The highest BCUT2D eigenvalue weighted by Crippen LogP contribution is 2.15. The van der Waals surface area contributed by atoms with E-state index in [0.717, 1.165) is 5.56 Å². The number of rotatable bonds is 5. The van der Waals surface area contributed by atoms with Crippen molar-refractivity contribution in [3.63, 3.8) is 0 Å². The van der Waals surface area contributed by atoms with Crippen LogP contribution in [0, 0.1) is 5.82 Å². The zero-order valence-electron chi connectivity index (χ0n) is 13.7. The van der Waals surface area contributed by atoms with E-state index in [9.17, 15) is 9.18 Å². The zero-order chi connectivity index (χ0) is 17.6. The highest BCUT2D eigenvalue weighted by Gasteiger charge is 2.12. The topological polar surface area (TPSA) is 71.8 Å². The second-order valence-corrected chi connectivity index (χ2v) is 5.55. The molecule has 2 aromatic heterocycles. The first-order valence-electron chi connectivity index (χ1n) is 7.87. The Bertz CT molecular complexity index is 833. The van der Waals surface area contributed by atoms with Crippen LogP contribution in [0.2, 0.25) is 0 Å². The van der Waals surface area contributed by atoms with Gasteiger partial charge in [0.1, 0.15) is 5.82 Å². The molecule has 1 atom stereocenters. The third-order valence-electron chi connectivity index (χ3n) is 3.72. The minimum absolute atomic E-state index is 0.322. The molecule has 2 N–H and O–H groups in total. The molecule has 2 heterocycles. The summed E-state index contributed by atoms with van der Waals surface area (Å²) in [6.07, 6.45) is 5.16. The van der Waals surface area contributed by atoms with Gasteiger partial charge in [0.05, 0.1) is 6.04 Å². The van der Waals surface area contributed by atoms with Gasteiger partial charge in [0, 0.05) is 30.7 Å². The number of urea groups is 1. The minimum Gasteiger partial charge on any atom is -0.334 e. The molecular weight excluding hydrogens is 321 g/mol. The number of carbonyl (C=O) groups is 1. The Morgan fingerprint density at radius 3 is 2.76 bits per heavy atom. The van der Waals surface area contributed by atoms with E-state index in [0.29, 0.717) is 17.9 Å². The van der Waals surface area contributed by atoms with Crippen LogP contribution in [0.15, 0.2) is 61.1 Å². The molecule has 3 rings (SSSR count). The first-order chi connectivity index (χ1) is 12.1. The van der Waals surface area contributed by atoms with Gasteiger partial charge in [-0.15, -0.1) is 0 Å². The second-order valence-electron chi connectivity index (χ2n) is 5.55. The van der Waals surface area contributed by atoms with Gasteiger partial charge in [-0.2, -0.15) is 5.10 Å². The van der Waals surface area contributed by atoms with Gasteiger partial charge in [0.15, 0.2) is 5.82 Å². The highest BCUT2D eigenvalue weighted by molar-refractivity contribution is 5.74. The van der Waals surface area contributed by atoms with E-state index in [-0.39, 0.29) is 11.8 Å². The number of hydrogen-bond donors (Lipinski definition) is 2. The molecule has 7 heteroatoms. The van der Waals surface area contributed by atoms with E-state index in [2.05, 4.69) is 20.7 Å². The summed E-state index contributed by atoms with van der Waals surface area (Å²) >= 11 is 0. The molecule has 25 heavy (non-hydrogen) atoms. The number of nitrogens with one attached hydrogen (secondary N) is 2. The van der Waals surface area contributed by atoms with Crippen LogP contribution in [0.4, 0.5) is 9.18 Å². The molecule has 1 aromatic carbocycles. The largest absolute Gasteiger partial charge is 0.334 e. The number of halogens is 1. The molecule has 6 nitrogen and oxygen atoms in total. The van der Waals surface area contributed by atoms with Gasteiger partial charge >= 0.3 is 6.03 Å². The Balaban J connectivity index is 1.53. The summed E-state index contributed by atoms with van der Waals surface area (Å²) in [4.78, 5) is 16.3. The average molecular weight is 339 g/mol. The Morgan fingerprint density at radius 1 is 1.24 bits per heavy atom. The van der Waals surface area contributed by atoms with Crippen LogP contribution >= 0.6 is 0 Å². The smallest absolute Gasteiger partial charge is 0.315 e. The van der Waals surface area contributed by atoms with Crippen molar-refractivity contribution in [3.05, 3.63) is 78.0 Å². The second kappa shape index (κ2) is 7.57. The maximum Gasteiger partial charge on any atom is 0.315 e. The maximum absolute atomic E-state index is 13.7. The summed E-state index contributed by atoms with van der Waals surface area (Å²) in [5.41, 5.74) is 1.30. The van der Waals surface area contributed by atoms with Crippen molar-refractivity contribution in [3.8, 4) is 5.82 Å². The van der Waals surface area contributed by atoms with E-state index < -0.39 is 6.04 Å². The van der Waals surface area contributed by atoms with Gasteiger partial charge in [0.2, 0.25) is 0 Å². The Hall–Kier alpha value is -3.22. The molecule has 3 aromatic rings. The molecule has 0 spiro atoms. The normalized spacial score (nSPS) is 11.8. The van der Waals surface area contributed by atoms with E-state index >= 15 is 0 Å².